The summed E-state index contributed by atoms with van der Waals surface area (Å²) < 4.78 is 7.48. The Bertz CT molecular complexity index is 930. The van der Waals surface area contributed by atoms with Crippen LogP contribution in [0.1, 0.15) is 18.2 Å². The molecule has 0 aliphatic heterocycles. The molecule has 3 rings (SSSR count). The van der Waals surface area contributed by atoms with E-state index in [2.05, 4.69) is 10.3 Å². The highest BCUT2D eigenvalue weighted by Crippen LogP contribution is 2.26. The molecule has 0 radical (unpaired) electrons. The molecule has 2 aromatic carbocycles. The normalized spacial score (nSPS) is 10.9. The van der Waals surface area contributed by atoms with Crippen LogP contribution in [0.5, 0.6) is 5.75 Å². The van der Waals surface area contributed by atoms with Crippen LogP contribution < -0.4 is 10.1 Å². The van der Waals surface area contributed by atoms with Crippen LogP contribution in [0, 0.1) is 0 Å². The highest BCUT2D eigenvalue weighted by Gasteiger charge is 2.11. The Balaban J connectivity index is 1.95. The number of carbonyl (C=O) groups excluding carboxylic acids is 1. The van der Waals surface area contributed by atoms with Crippen molar-refractivity contribution in [3.05, 3.63) is 72.2 Å². The second-order valence-corrected chi connectivity index (χ2v) is 6.10. The van der Waals surface area contributed by atoms with E-state index in [-0.39, 0.29) is 5.91 Å². The molecule has 3 aromatic rings. The third-order valence-electron chi connectivity index (χ3n) is 4.21. The highest BCUT2D eigenvalue weighted by atomic mass is 16.5. The van der Waals surface area contributed by atoms with Crippen molar-refractivity contribution in [3.8, 4) is 17.0 Å². The van der Waals surface area contributed by atoms with Crippen LogP contribution in [0.25, 0.3) is 23.4 Å². The van der Waals surface area contributed by atoms with Crippen molar-refractivity contribution in [2.75, 3.05) is 13.7 Å². The molecule has 1 N–H and O–H groups in total. The fourth-order valence-electron chi connectivity index (χ4n) is 2.89. The molecule has 0 saturated heterocycles. The zero-order valence-corrected chi connectivity index (χ0v) is 15.6. The Hall–Kier alpha value is -3.34. The molecule has 1 aromatic heterocycles. The summed E-state index contributed by atoms with van der Waals surface area (Å²) in [6, 6.07) is 17.9. The number of amides is 1. The van der Waals surface area contributed by atoms with Crippen molar-refractivity contribution in [1.29, 1.82) is 0 Å². The lowest BCUT2D eigenvalue weighted by atomic mass is 10.1. The number of methoxy groups -OCH3 is 1. The zero-order valence-electron chi connectivity index (χ0n) is 15.6. The van der Waals surface area contributed by atoms with Gasteiger partial charge in [0.25, 0.3) is 0 Å². The Labute approximate surface area is 159 Å². The molecule has 0 aliphatic rings. The quantitative estimate of drug-likeness (QED) is 0.695. The Morgan fingerprint density at radius 2 is 1.85 bits per heavy atom. The van der Waals surface area contributed by atoms with Crippen LogP contribution in [0.4, 0.5) is 0 Å². The third-order valence-corrected chi connectivity index (χ3v) is 4.21. The summed E-state index contributed by atoms with van der Waals surface area (Å²) >= 11 is 0. The summed E-state index contributed by atoms with van der Waals surface area (Å²) in [6.07, 6.45) is 5.88. The maximum Gasteiger partial charge on any atom is 0.216 e. The standard InChI is InChI=1S/C22H23N3O2/c1-17(26)23-14-15-25-16-24-22(19-9-4-3-5-10-19)20(25)13-12-18-8-6-7-11-21(18)27-2/h3-13,16H,14-15H2,1-2H3,(H,23,26). The summed E-state index contributed by atoms with van der Waals surface area (Å²) in [5.41, 5.74) is 3.94. The van der Waals surface area contributed by atoms with E-state index in [0.717, 1.165) is 28.3 Å². The number of nitrogens with one attached hydrogen (secondary N) is 1. The van der Waals surface area contributed by atoms with Gasteiger partial charge in [-0.25, -0.2) is 4.98 Å². The van der Waals surface area contributed by atoms with Crippen LogP contribution in [0.3, 0.4) is 0 Å². The second kappa shape index (κ2) is 8.85. The topological polar surface area (TPSA) is 56.1 Å². The van der Waals surface area contributed by atoms with Gasteiger partial charge in [-0.3, -0.25) is 4.79 Å². The first kappa shape index (κ1) is 18.5. The fourth-order valence-corrected chi connectivity index (χ4v) is 2.89. The van der Waals surface area contributed by atoms with E-state index in [0.29, 0.717) is 13.1 Å². The lowest BCUT2D eigenvalue weighted by Gasteiger charge is -2.08. The Morgan fingerprint density at radius 1 is 1.11 bits per heavy atom. The first-order valence-corrected chi connectivity index (χ1v) is 8.85. The minimum atomic E-state index is -0.0375. The van der Waals surface area contributed by atoms with E-state index in [1.54, 1.807) is 7.11 Å². The van der Waals surface area contributed by atoms with E-state index in [1.165, 1.54) is 6.92 Å². The number of rotatable bonds is 7. The minimum absolute atomic E-state index is 0.0375. The number of hydrogen-bond donors (Lipinski definition) is 1. The summed E-state index contributed by atoms with van der Waals surface area (Å²) in [4.78, 5) is 15.8. The molecule has 138 valence electrons. The van der Waals surface area contributed by atoms with Crippen LogP contribution in [-0.4, -0.2) is 29.1 Å². The molecule has 27 heavy (non-hydrogen) atoms. The number of para-hydroxylation sites is 1. The first-order chi connectivity index (χ1) is 13.2. The largest absolute Gasteiger partial charge is 0.496 e. The van der Waals surface area contributed by atoms with Crippen molar-refractivity contribution in [2.24, 2.45) is 0 Å². The average Bonchev–Trinajstić information content (AvgIpc) is 3.09. The highest BCUT2D eigenvalue weighted by molar-refractivity contribution is 5.78. The van der Waals surface area contributed by atoms with Gasteiger partial charge in [-0.2, -0.15) is 0 Å². The molecular formula is C22H23N3O2. The molecule has 5 nitrogen and oxygen atoms in total. The summed E-state index contributed by atoms with van der Waals surface area (Å²) in [7, 11) is 1.67. The molecule has 0 unspecified atom stereocenters. The number of benzene rings is 2. The van der Waals surface area contributed by atoms with Gasteiger partial charge in [-0.05, 0) is 18.2 Å². The van der Waals surface area contributed by atoms with Crippen molar-refractivity contribution in [1.82, 2.24) is 14.9 Å². The number of aromatic nitrogens is 2. The molecule has 1 amide bonds. The molecule has 1 heterocycles. The zero-order chi connectivity index (χ0) is 19.1. The first-order valence-electron chi connectivity index (χ1n) is 8.85. The van der Waals surface area contributed by atoms with Crippen LogP contribution in [0.15, 0.2) is 60.9 Å². The van der Waals surface area contributed by atoms with Gasteiger partial charge in [-0.15, -0.1) is 0 Å². The minimum Gasteiger partial charge on any atom is -0.496 e. The van der Waals surface area contributed by atoms with Gasteiger partial charge in [0, 0.05) is 31.1 Å². The predicted octanol–water partition coefficient (Wildman–Crippen LogP) is 3.87. The summed E-state index contributed by atoms with van der Waals surface area (Å²) in [5, 5.41) is 2.83. The van der Waals surface area contributed by atoms with Crippen molar-refractivity contribution < 1.29 is 9.53 Å². The van der Waals surface area contributed by atoms with E-state index < -0.39 is 0 Å². The van der Waals surface area contributed by atoms with Gasteiger partial charge in [0.05, 0.1) is 24.8 Å². The van der Waals surface area contributed by atoms with Crippen molar-refractivity contribution in [2.45, 2.75) is 13.5 Å². The Kier molecular flexibility index (Phi) is 6.05. The van der Waals surface area contributed by atoms with Gasteiger partial charge in [0.1, 0.15) is 5.75 Å². The number of hydrogen-bond acceptors (Lipinski definition) is 3. The molecule has 0 aliphatic carbocycles. The van der Waals surface area contributed by atoms with Crippen LogP contribution in [0.2, 0.25) is 0 Å². The number of carbonyl (C=O) groups is 1. The van der Waals surface area contributed by atoms with Crippen LogP contribution in [-0.2, 0) is 11.3 Å². The smallest absolute Gasteiger partial charge is 0.216 e. The molecule has 0 bridgehead atoms. The predicted molar refractivity (Wildman–Crippen MR) is 108 cm³/mol. The lowest BCUT2D eigenvalue weighted by Crippen LogP contribution is -2.24. The number of imidazole rings is 1. The van der Waals surface area contributed by atoms with Crippen molar-refractivity contribution >= 4 is 18.1 Å². The molecular weight excluding hydrogens is 338 g/mol. The number of nitrogens with zero attached hydrogens (tertiary/aromatic N) is 2. The van der Waals surface area contributed by atoms with Gasteiger partial charge in [-0.1, -0.05) is 48.5 Å². The van der Waals surface area contributed by atoms with Crippen LogP contribution >= 0.6 is 0 Å². The van der Waals surface area contributed by atoms with E-state index in [9.17, 15) is 4.79 Å². The average molecular weight is 361 g/mol. The molecule has 0 fully saturated rings. The van der Waals surface area contributed by atoms with E-state index in [4.69, 9.17) is 4.74 Å². The monoisotopic (exact) mass is 361 g/mol. The maximum atomic E-state index is 11.2. The maximum absolute atomic E-state index is 11.2. The van der Waals surface area contributed by atoms with E-state index in [1.807, 2.05) is 77.6 Å². The SMILES string of the molecule is COc1ccccc1C=Cc1c(-c2ccccc2)ncn1CCNC(C)=O. The Morgan fingerprint density at radius 3 is 2.59 bits per heavy atom. The van der Waals surface area contributed by atoms with E-state index >= 15 is 0 Å². The lowest BCUT2D eigenvalue weighted by molar-refractivity contribution is -0.118. The summed E-state index contributed by atoms with van der Waals surface area (Å²) in [5.74, 6) is 0.781. The molecule has 0 spiro atoms. The van der Waals surface area contributed by atoms with Gasteiger partial charge in [0.2, 0.25) is 5.91 Å². The van der Waals surface area contributed by atoms with Gasteiger partial charge >= 0.3 is 0 Å². The molecule has 0 saturated carbocycles. The molecule has 5 heteroatoms. The second-order valence-electron chi connectivity index (χ2n) is 6.10. The van der Waals surface area contributed by atoms with Crippen molar-refractivity contribution in [3.63, 3.8) is 0 Å². The summed E-state index contributed by atoms with van der Waals surface area (Å²) in [6.45, 7) is 2.71. The number of ether oxygens (including phenoxy) is 1. The third kappa shape index (κ3) is 4.64. The van der Waals surface area contributed by atoms with Gasteiger partial charge < -0.3 is 14.6 Å². The molecule has 0 atom stereocenters. The fraction of sp³-hybridized carbons (Fsp3) is 0.182. The van der Waals surface area contributed by atoms with Gasteiger partial charge in [0.15, 0.2) is 0 Å².